The Labute approximate surface area is 238 Å². The summed E-state index contributed by atoms with van der Waals surface area (Å²) in [5.74, 6) is 0. The quantitative estimate of drug-likeness (QED) is 0.201. The molecule has 0 saturated heterocycles. The molecule has 0 fully saturated rings. The maximum atomic E-state index is 2.42. The second kappa shape index (κ2) is 11.1. The molecule has 0 amide bonds. The first kappa shape index (κ1) is 26.0. The lowest BCUT2D eigenvalue weighted by Gasteiger charge is -2.14. The number of rotatable bonds is 7. The Kier molecular flexibility index (Phi) is 7.17. The van der Waals surface area contributed by atoms with Gasteiger partial charge in [0.1, 0.15) is 0 Å². The lowest BCUT2D eigenvalue weighted by molar-refractivity contribution is 0.967. The van der Waals surface area contributed by atoms with Crippen LogP contribution in [0.5, 0.6) is 0 Å². The summed E-state index contributed by atoms with van der Waals surface area (Å²) in [6.07, 6.45) is 17.9. The van der Waals surface area contributed by atoms with Crippen LogP contribution in [-0.2, 0) is 6.42 Å². The molecule has 0 radical (unpaired) electrons. The van der Waals surface area contributed by atoms with Crippen LogP contribution >= 0.6 is 0 Å². The summed E-state index contributed by atoms with van der Waals surface area (Å²) >= 11 is 0. The van der Waals surface area contributed by atoms with Crippen LogP contribution in [0.2, 0.25) is 0 Å². The second-order valence-corrected chi connectivity index (χ2v) is 10.7. The molecule has 3 aromatic carbocycles. The molecule has 0 N–H and O–H groups in total. The highest BCUT2D eigenvalue weighted by Gasteiger charge is 2.18. The molecule has 40 heavy (non-hydrogen) atoms. The van der Waals surface area contributed by atoms with E-state index in [0.717, 1.165) is 25.7 Å². The Morgan fingerprint density at radius 2 is 1.23 bits per heavy atom. The van der Waals surface area contributed by atoms with E-state index >= 15 is 0 Å². The van der Waals surface area contributed by atoms with Crippen molar-refractivity contribution in [1.29, 1.82) is 0 Å². The van der Waals surface area contributed by atoms with E-state index in [9.17, 15) is 0 Å². The van der Waals surface area contributed by atoms with Crippen LogP contribution in [0.3, 0.4) is 0 Å². The molecule has 0 unspecified atom stereocenters. The lowest BCUT2D eigenvalue weighted by Crippen LogP contribution is -2.00. The van der Waals surface area contributed by atoms with Gasteiger partial charge in [-0.25, -0.2) is 0 Å². The Bertz CT molecular complexity index is 1710. The zero-order chi connectivity index (χ0) is 27.6. The number of aromatic nitrogens is 2. The van der Waals surface area contributed by atoms with E-state index in [-0.39, 0.29) is 0 Å². The van der Waals surface area contributed by atoms with Crippen molar-refractivity contribution < 1.29 is 0 Å². The largest absolute Gasteiger partial charge is 0.310 e. The summed E-state index contributed by atoms with van der Waals surface area (Å²) in [4.78, 5) is 0. The maximum Gasteiger partial charge on any atom is 0.0537 e. The number of para-hydroxylation sites is 1. The smallest absolute Gasteiger partial charge is 0.0537 e. The first-order chi connectivity index (χ1) is 19.6. The number of hydrogen-bond donors (Lipinski definition) is 0. The standard InChI is InChI=1S/C38H38N2/c1-5-7-15-35-27(3)28(4)36(16-8-6-2)39(35)31-23-19-29(20-24-31)30-21-25-32(26-22-30)40-37-17-11-9-13-33(37)34-14-10-12-18-38(34)40/h7-9,11-13,15-26H,5-6,10,14H2,1-4H3/b15-7-,16-8-. The highest BCUT2D eigenvalue weighted by molar-refractivity contribution is 5.90. The molecule has 0 aliphatic heterocycles. The fraction of sp³-hybridized carbons (Fsp3) is 0.211. The van der Waals surface area contributed by atoms with E-state index in [1.54, 1.807) is 0 Å². The van der Waals surface area contributed by atoms with Gasteiger partial charge in [-0.05, 0) is 116 Å². The molecule has 5 aromatic rings. The molecule has 6 rings (SSSR count). The van der Waals surface area contributed by atoms with Gasteiger partial charge in [0, 0.05) is 33.8 Å². The van der Waals surface area contributed by atoms with Crippen molar-refractivity contribution in [3.05, 3.63) is 125 Å². The minimum absolute atomic E-state index is 1.02. The predicted molar refractivity (Wildman–Crippen MR) is 174 cm³/mol. The Hall–Kier alpha value is -4.30. The predicted octanol–water partition coefficient (Wildman–Crippen LogP) is 10.5. The van der Waals surface area contributed by atoms with Crippen molar-refractivity contribution in [2.75, 3.05) is 0 Å². The van der Waals surface area contributed by atoms with Crippen LogP contribution in [0.4, 0.5) is 0 Å². The Morgan fingerprint density at radius 3 is 1.80 bits per heavy atom. The molecule has 0 bridgehead atoms. The number of allylic oxidation sites excluding steroid dienone is 3. The molecular formula is C38H38N2. The van der Waals surface area contributed by atoms with Gasteiger partial charge in [-0.3, -0.25) is 0 Å². The Morgan fingerprint density at radius 1 is 0.675 bits per heavy atom. The van der Waals surface area contributed by atoms with E-state index in [1.807, 2.05) is 0 Å². The molecule has 0 spiro atoms. The van der Waals surface area contributed by atoms with Crippen molar-refractivity contribution in [2.24, 2.45) is 0 Å². The van der Waals surface area contributed by atoms with E-state index in [1.165, 1.54) is 67.2 Å². The van der Waals surface area contributed by atoms with Crippen molar-refractivity contribution in [1.82, 2.24) is 9.13 Å². The number of fused-ring (bicyclic) bond motifs is 3. The monoisotopic (exact) mass is 522 g/mol. The zero-order valence-corrected chi connectivity index (χ0v) is 24.1. The van der Waals surface area contributed by atoms with Gasteiger partial charge in [-0.2, -0.15) is 0 Å². The van der Waals surface area contributed by atoms with E-state index < -0.39 is 0 Å². The summed E-state index contributed by atoms with van der Waals surface area (Å²) in [5, 5.41) is 1.37. The van der Waals surface area contributed by atoms with Crippen LogP contribution < -0.4 is 0 Å². The molecule has 200 valence electrons. The minimum atomic E-state index is 1.02. The number of aryl methyl sites for hydroxylation is 1. The fourth-order valence-electron chi connectivity index (χ4n) is 6.06. The molecule has 0 saturated carbocycles. The van der Waals surface area contributed by atoms with E-state index in [0.29, 0.717) is 0 Å². The first-order valence-corrected chi connectivity index (χ1v) is 14.7. The normalized spacial score (nSPS) is 13.2. The van der Waals surface area contributed by atoms with Crippen LogP contribution in [0.1, 0.15) is 66.9 Å². The molecule has 2 heterocycles. The van der Waals surface area contributed by atoms with Gasteiger partial charge < -0.3 is 9.13 Å². The minimum Gasteiger partial charge on any atom is -0.310 e. The highest BCUT2D eigenvalue weighted by atomic mass is 15.0. The lowest BCUT2D eigenvalue weighted by atomic mass is 10.0. The van der Waals surface area contributed by atoms with Gasteiger partial charge in [-0.1, -0.05) is 74.5 Å². The van der Waals surface area contributed by atoms with Crippen LogP contribution in [0, 0.1) is 13.8 Å². The van der Waals surface area contributed by atoms with Gasteiger partial charge >= 0.3 is 0 Å². The van der Waals surface area contributed by atoms with Gasteiger partial charge in [-0.15, -0.1) is 0 Å². The average Bonchev–Trinajstić information content (AvgIpc) is 3.46. The first-order valence-electron chi connectivity index (χ1n) is 14.7. The van der Waals surface area contributed by atoms with Crippen molar-refractivity contribution >= 4 is 29.1 Å². The molecule has 2 nitrogen and oxygen atoms in total. The third-order valence-electron chi connectivity index (χ3n) is 8.28. The molecule has 0 atom stereocenters. The van der Waals surface area contributed by atoms with Crippen molar-refractivity contribution in [3.63, 3.8) is 0 Å². The third-order valence-corrected chi connectivity index (χ3v) is 8.28. The number of nitrogens with zero attached hydrogens (tertiary/aromatic N) is 2. The summed E-state index contributed by atoms with van der Waals surface area (Å²) in [5.41, 5.74) is 14.2. The van der Waals surface area contributed by atoms with Gasteiger partial charge in [0.25, 0.3) is 0 Å². The molecular weight excluding hydrogens is 484 g/mol. The Balaban J connectivity index is 1.36. The van der Waals surface area contributed by atoms with E-state index in [2.05, 4.69) is 146 Å². The van der Waals surface area contributed by atoms with Crippen molar-refractivity contribution in [3.8, 4) is 22.5 Å². The van der Waals surface area contributed by atoms with Crippen LogP contribution in [-0.4, -0.2) is 9.13 Å². The van der Waals surface area contributed by atoms with E-state index in [4.69, 9.17) is 0 Å². The topological polar surface area (TPSA) is 9.86 Å². The van der Waals surface area contributed by atoms with Crippen molar-refractivity contribution in [2.45, 2.75) is 53.4 Å². The van der Waals surface area contributed by atoms with Gasteiger partial charge in [0.2, 0.25) is 0 Å². The number of benzene rings is 3. The molecule has 2 heteroatoms. The second-order valence-electron chi connectivity index (χ2n) is 10.7. The summed E-state index contributed by atoms with van der Waals surface area (Å²) in [6, 6.07) is 26.9. The number of hydrogen-bond acceptors (Lipinski definition) is 0. The van der Waals surface area contributed by atoms with Gasteiger partial charge in [0.05, 0.1) is 5.52 Å². The molecule has 1 aliphatic rings. The maximum absolute atomic E-state index is 2.42. The zero-order valence-electron chi connectivity index (χ0n) is 24.1. The summed E-state index contributed by atoms with van der Waals surface area (Å²) in [7, 11) is 0. The van der Waals surface area contributed by atoms with Gasteiger partial charge in [0.15, 0.2) is 0 Å². The van der Waals surface area contributed by atoms with Crippen LogP contribution in [0.15, 0.2) is 91.0 Å². The molecule has 1 aliphatic carbocycles. The SMILES string of the molecule is CC/C=C\c1c(C)c(C)c(/C=C\CC)n1-c1ccc(-c2ccc(-n3c4c(c5ccccc53)CCC=C4)cc2)cc1. The fourth-order valence-corrected chi connectivity index (χ4v) is 6.06. The highest BCUT2D eigenvalue weighted by Crippen LogP contribution is 2.35. The van der Waals surface area contributed by atoms with Crippen LogP contribution in [0.25, 0.3) is 51.6 Å². The average molecular weight is 523 g/mol. The molecule has 2 aromatic heterocycles. The summed E-state index contributed by atoms with van der Waals surface area (Å²) in [6.45, 7) is 8.85. The summed E-state index contributed by atoms with van der Waals surface area (Å²) < 4.78 is 4.82. The third kappa shape index (κ3) is 4.48.